The summed E-state index contributed by atoms with van der Waals surface area (Å²) in [7, 11) is 0. The summed E-state index contributed by atoms with van der Waals surface area (Å²) < 4.78 is 11.9. The first-order valence-electron chi connectivity index (χ1n) is 21.9. The summed E-state index contributed by atoms with van der Waals surface area (Å²) in [5, 5.41) is 9.83. The van der Waals surface area contributed by atoms with Gasteiger partial charge in [-0.25, -0.2) is 0 Å². The molecule has 7 nitrogen and oxygen atoms in total. The predicted octanol–water partition coefficient (Wildman–Crippen LogP) is 11.7. The maximum atomic E-state index is 12.5. The molecular weight excluding hydrogens is 659 g/mol. The van der Waals surface area contributed by atoms with Gasteiger partial charge in [0, 0.05) is 26.2 Å². The van der Waals surface area contributed by atoms with Gasteiger partial charge in [0.2, 0.25) is 10.9 Å². The molecule has 0 bridgehead atoms. The van der Waals surface area contributed by atoms with Crippen LogP contribution in [0.15, 0.2) is 58.1 Å². The second-order valence-corrected chi connectivity index (χ2v) is 14.8. The van der Waals surface area contributed by atoms with Gasteiger partial charge in [0.05, 0.1) is 24.6 Å². The van der Waals surface area contributed by atoms with E-state index < -0.39 is 0 Å². The molecule has 3 N–H and O–H groups in total. The number of hydrogen-bond donors (Lipinski definition) is 3. The van der Waals surface area contributed by atoms with Gasteiger partial charge in [-0.1, -0.05) is 155 Å². The predicted molar refractivity (Wildman–Crippen MR) is 228 cm³/mol. The summed E-state index contributed by atoms with van der Waals surface area (Å²) in [6, 6.07) is 14.0. The van der Waals surface area contributed by atoms with E-state index in [9.17, 15) is 9.59 Å². The fourth-order valence-electron chi connectivity index (χ4n) is 6.55. The van der Waals surface area contributed by atoms with E-state index in [1.165, 1.54) is 141 Å². The summed E-state index contributed by atoms with van der Waals surface area (Å²) >= 11 is 0. The molecule has 0 aromatic heterocycles. The lowest BCUT2D eigenvalue weighted by Gasteiger charge is -2.08. The zero-order chi connectivity index (χ0) is 37.9. The molecule has 0 aliphatic heterocycles. The van der Waals surface area contributed by atoms with Gasteiger partial charge in [-0.05, 0) is 61.4 Å². The zero-order valence-corrected chi connectivity index (χ0v) is 34.0. The number of anilines is 2. The first-order valence-corrected chi connectivity index (χ1v) is 21.9. The number of rotatable bonds is 36. The highest BCUT2D eigenvalue weighted by molar-refractivity contribution is 5.45. The summed E-state index contributed by atoms with van der Waals surface area (Å²) in [6.45, 7) is 8.50. The Morgan fingerprint density at radius 3 is 1.02 bits per heavy atom. The first-order chi connectivity index (χ1) is 26.1. The van der Waals surface area contributed by atoms with Crippen molar-refractivity contribution in [3.63, 3.8) is 0 Å². The van der Waals surface area contributed by atoms with E-state index in [1.807, 2.05) is 24.3 Å². The molecule has 0 saturated heterocycles. The van der Waals surface area contributed by atoms with Crippen molar-refractivity contribution >= 4 is 11.4 Å². The monoisotopic (exact) mass is 736 g/mol. The smallest absolute Gasteiger partial charge is 0.201 e. The van der Waals surface area contributed by atoms with Crippen molar-refractivity contribution in [2.75, 3.05) is 50.0 Å². The Morgan fingerprint density at radius 2 is 0.679 bits per heavy atom. The highest BCUT2D eigenvalue weighted by Gasteiger charge is 2.02. The van der Waals surface area contributed by atoms with Crippen LogP contribution in [0.3, 0.4) is 0 Å². The average molecular weight is 736 g/mol. The van der Waals surface area contributed by atoms with Crippen LogP contribution >= 0.6 is 0 Å². The van der Waals surface area contributed by atoms with Crippen LogP contribution in [0.1, 0.15) is 168 Å². The van der Waals surface area contributed by atoms with Gasteiger partial charge >= 0.3 is 0 Å². The largest absolute Gasteiger partial charge is 0.494 e. The molecule has 0 saturated carbocycles. The van der Waals surface area contributed by atoms with E-state index in [1.54, 1.807) is 24.3 Å². The molecule has 2 aromatic carbocycles. The summed E-state index contributed by atoms with van der Waals surface area (Å²) in [4.78, 5) is 25.1. The Kier molecular flexibility index (Phi) is 29.1. The molecule has 0 fully saturated rings. The zero-order valence-electron chi connectivity index (χ0n) is 34.0. The molecule has 2 aromatic rings. The molecule has 0 amide bonds. The Bertz CT molecular complexity index is 1180. The van der Waals surface area contributed by atoms with Crippen molar-refractivity contribution in [2.45, 2.75) is 168 Å². The second-order valence-electron chi connectivity index (χ2n) is 14.8. The van der Waals surface area contributed by atoms with Crippen LogP contribution in [0.5, 0.6) is 11.5 Å². The molecule has 0 heterocycles. The van der Waals surface area contributed by atoms with Crippen molar-refractivity contribution in [3.8, 4) is 11.5 Å². The second kappa shape index (κ2) is 33.5. The van der Waals surface area contributed by atoms with Gasteiger partial charge in [-0.15, -0.1) is 0 Å². The Hall–Kier alpha value is -3.06. The molecule has 0 aliphatic rings. The number of hydrogen-bond acceptors (Lipinski definition) is 7. The molecule has 0 atom stereocenters. The van der Waals surface area contributed by atoms with Crippen LogP contribution in [0.4, 0.5) is 11.4 Å². The van der Waals surface area contributed by atoms with Gasteiger partial charge < -0.3 is 25.4 Å². The minimum absolute atomic E-state index is 0.0516. The van der Waals surface area contributed by atoms with Gasteiger partial charge in [0.25, 0.3) is 0 Å². The normalized spacial score (nSPS) is 11.1. The van der Waals surface area contributed by atoms with E-state index in [2.05, 4.69) is 29.8 Å². The third kappa shape index (κ3) is 25.6. The Morgan fingerprint density at radius 1 is 0.377 bits per heavy atom. The van der Waals surface area contributed by atoms with Crippen LogP contribution in [-0.4, -0.2) is 39.4 Å². The SMILES string of the molecule is CCCCCCCCCCCCCCOc1ccc(NCCNCCNc2ccc(OCCCCCCCCCCCCCC)ccc2=O)c(=O)cc1. The Labute approximate surface area is 323 Å². The number of ether oxygens (including phenoxy) is 2. The number of unbranched alkanes of at least 4 members (excludes halogenated alkanes) is 22. The summed E-state index contributed by atoms with van der Waals surface area (Å²) in [5.41, 5.74) is 1.03. The van der Waals surface area contributed by atoms with Crippen LogP contribution in [0.2, 0.25) is 0 Å². The fourth-order valence-corrected chi connectivity index (χ4v) is 6.55. The average Bonchev–Trinajstić information content (AvgIpc) is 3.45. The van der Waals surface area contributed by atoms with Crippen molar-refractivity contribution in [1.29, 1.82) is 0 Å². The standard InChI is InChI=1S/C46H77N3O4/c1-3-5-7-9-11-13-15-17-19-21-23-25-39-52-41-27-31-43(45(50)33-29-41)48-37-35-47-36-38-49-44-32-28-42(30-34-46(44)51)53-40-26-24-22-20-18-16-14-12-10-8-6-4-2/h27-34,47H,3-26,35-40H2,1-2H3,(H,48,50)(H,49,51). The third-order valence-electron chi connectivity index (χ3n) is 9.93. The third-order valence-corrected chi connectivity index (χ3v) is 9.93. The van der Waals surface area contributed by atoms with Crippen molar-refractivity contribution in [3.05, 3.63) is 69.0 Å². The minimum Gasteiger partial charge on any atom is -0.494 e. The van der Waals surface area contributed by atoms with E-state index in [0.29, 0.717) is 50.8 Å². The lowest BCUT2D eigenvalue weighted by atomic mass is 10.1. The van der Waals surface area contributed by atoms with E-state index in [0.717, 1.165) is 24.3 Å². The van der Waals surface area contributed by atoms with Gasteiger partial charge in [-0.2, -0.15) is 0 Å². The van der Waals surface area contributed by atoms with Crippen LogP contribution in [0, 0.1) is 0 Å². The first kappa shape index (κ1) is 46.1. The van der Waals surface area contributed by atoms with E-state index >= 15 is 0 Å². The molecule has 53 heavy (non-hydrogen) atoms. The molecule has 0 unspecified atom stereocenters. The van der Waals surface area contributed by atoms with E-state index in [4.69, 9.17) is 9.47 Å². The highest BCUT2D eigenvalue weighted by Crippen LogP contribution is 2.15. The molecular formula is C46H77N3O4. The van der Waals surface area contributed by atoms with Crippen molar-refractivity contribution in [1.82, 2.24) is 5.32 Å². The fraction of sp³-hybridized carbons (Fsp3) is 0.696. The summed E-state index contributed by atoms with van der Waals surface area (Å²) in [6.07, 6.45) is 31.7. The summed E-state index contributed by atoms with van der Waals surface area (Å²) in [5.74, 6) is 1.46. The molecule has 300 valence electrons. The quantitative estimate of drug-likeness (QED) is 0.0600. The van der Waals surface area contributed by atoms with Crippen LogP contribution in [0.25, 0.3) is 0 Å². The van der Waals surface area contributed by atoms with Gasteiger partial charge in [0.1, 0.15) is 11.5 Å². The van der Waals surface area contributed by atoms with E-state index in [-0.39, 0.29) is 10.9 Å². The molecule has 7 heteroatoms. The van der Waals surface area contributed by atoms with Crippen LogP contribution < -0.4 is 36.3 Å². The molecule has 0 spiro atoms. The van der Waals surface area contributed by atoms with Gasteiger partial charge in [0.15, 0.2) is 0 Å². The maximum absolute atomic E-state index is 12.5. The maximum Gasteiger partial charge on any atom is 0.201 e. The molecule has 0 radical (unpaired) electrons. The van der Waals surface area contributed by atoms with Crippen LogP contribution in [-0.2, 0) is 0 Å². The number of nitrogens with one attached hydrogen (secondary N) is 3. The minimum atomic E-state index is -0.0516. The lowest BCUT2D eigenvalue weighted by molar-refractivity contribution is 0.304. The van der Waals surface area contributed by atoms with Crippen molar-refractivity contribution < 1.29 is 9.47 Å². The Balaban J connectivity index is 1.50. The molecule has 0 aliphatic carbocycles. The molecule has 2 rings (SSSR count). The topological polar surface area (TPSA) is 88.7 Å². The van der Waals surface area contributed by atoms with Gasteiger partial charge in [-0.3, -0.25) is 9.59 Å². The highest BCUT2D eigenvalue weighted by atomic mass is 16.5. The van der Waals surface area contributed by atoms with Crippen molar-refractivity contribution in [2.24, 2.45) is 0 Å². The lowest BCUT2D eigenvalue weighted by Crippen LogP contribution is -2.28.